The number of benzene rings is 4. The minimum absolute atomic E-state index is 0.0629. The van der Waals surface area contributed by atoms with Crippen LogP contribution in [-0.2, 0) is 41.6 Å². The number of aliphatic carboxylic acids is 6. The highest BCUT2D eigenvalue weighted by Crippen LogP contribution is 2.32. The molecule has 4 aromatic rings. The summed E-state index contributed by atoms with van der Waals surface area (Å²) in [4.78, 5) is 71.0. The van der Waals surface area contributed by atoms with Crippen molar-refractivity contribution in [1.29, 1.82) is 0 Å². The molecule has 0 aliphatic rings. The first-order valence-corrected chi connectivity index (χ1v) is 14.0. The lowest BCUT2D eigenvalue weighted by Crippen LogP contribution is -2.10. The summed E-state index contributed by atoms with van der Waals surface area (Å²) in [6.45, 7) is 0. The molecule has 0 aliphatic heterocycles. The number of carbonyl (C=O) groups is 6. The highest BCUT2D eigenvalue weighted by molar-refractivity contribution is 6.37. The van der Waals surface area contributed by atoms with E-state index in [9.17, 15) is 49.2 Å². The van der Waals surface area contributed by atoms with Crippen molar-refractivity contribution in [2.45, 2.75) is 12.8 Å². The van der Waals surface area contributed by atoms with E-state index in [0.717, 1.165) is 0 Å². The first-order chi connectivity index (χ1) is 22.8. The fraction of sp³-hybridized carbons (Fsp3) is 0.0556. The molecule has 12 nitrogen and oxygen atoms in total. The van der Waals surface area contributed by atoms with Crippen LogP contribution in [0.15, 0.2) is 97.1 Å². The molecule has 48 heavy (non-hydrogen) atoms. The molecule has 0 atom stereocenters. The monoisotopic (exact) mass is 650 g/mol. The van der Waals surface area contributed by atoms with E-state index in [1.54, 1.807) is 0 Å². The summed E-state index contributed by atoms with van der Waals surface area (Å²) in [5.74, 6) is -8.17. The fourth-order valence-corrected chi connectivity index (χ4v) is 5.09. The summed E-state index contributed by atoms with van der Waals surface area (Å²) < 4.78 is 0. The molecule has 4 rings (SSSR count). The molecule has 0 bridgehead atoms. The van der Waals surface area contributed by atoms with Crippen LogP contribution < -0.4 is 0 Å². The second-order valence-corrected chi connectivity index (χ2v) is 10.4. The van der Waals surface area contributed by atoms with E-state index in [4.69, 9.17) is 10.2 Å². The predicted octanol–water partition coefficient (Wildman–Crippen LogP) is 4.77. The van der Waals surface area contributed by atoms with Crippen LogP contribution >= 0.6 is 0 Å². The minimum Gasteiger partial charge on any atom is -0.481 e. The van der Waals surface area contributed by atoms with Crippen LogP contribution in [-0.4, -0.2) is 66.5 Å². The maximum Gasteiger partial charge on any atom is 0.337 e. The maximum absolute atomic E-state index is 12.3. The molecule has 4 aromatic carbocycles. The van der Waals surface area contributed by atoms with E-state index in [-0.39, 0.29) is 35.1 Å². The van der Waals surface area contributed by atoms with Crippen molar-refractivity contribution in [2.24, 2.45) is 0 Å². The molecule has 0 spiro atoms. The number of rotatable bonds is 13. The third-order valence-electron chi connectivity index (χ3n) is 7.23. The highest BCUT2D eigenvalue weighted by atomic mass is 16.4. The van der Waals surface area contributed by atoms with Crippen molar-refractivity contribution in [1.82, 2.24) is 0 Å². The molecule has 12 heteroatoms. The summed E-state index contributed by atoms with van der Waals surface area (Å²) in [5, 5.41) is 57.8. The molecule has 242 valence electrons. The highest BCUT2D eigenvalue weighted by Gasteiger charge is 2.25. The van der Waals surface area contributed by atoms with Crippen molar-refractivity contribution < 1.29 is 59.4 Å². The van der Waals surface area contributed by atoms with E-state index in [2.05, 4.69) is 0 Å². The van der Waals surface area contributed by atoms with Gasteiger partial charge in [0.25, 0.3) is 0 Å². The predicted molar refractivity (Wildman–Crippen MR) is 172 cm³/mol. The van der Waals surface area contributed by atoms with Crippen LogP contribution in [0, 0.1) is 0 Å². The average molecular weight is 651 g/mol. The van der Waals surface area contributed by atoms with Gasteiger partial charge in [-0.05, 0) is 44.5 Å². The Labute approximate surface area is 271 Å². The third-order valence-corrected chi connectivity index (χ3v) is 7.23. The number of hydrogen-bond acceptors (Lipinski definition) is 6. The molecule has 0 unspecified atom stereocenters. The second kappa shape index (κ2) is 14.5. The van der Waals surface area contributed by atoms with Gasteiger partial charge in [-0.2, -0.15) is 0 Å². The molecular formula is C36H26O12. The van der Waals surface area contributed by atoms with Crippen molar-refractivity contribution >= 4 is 58.1 Å². The van der Waals surface area contributed by atoms with Crippen molar-refractivity contribution in [3.05, 3.63) is 130 Å². The van der Waals surface area contributed by atoms with E-state index in [1.807, 2.05) is 0 Å². The lowest BCUT2D eigenvalue weighted by molar-refractivity contribution is -0.137. The molecule has 0 saturated heterocycles. The number of hydrogen-bond donors (Lipinski definition) is 6. The van der Waals surface area contributed by atoms with Crippen LogP contribution in [0.1, 0.15) is 33.4 Å². The van der Waals surface area contributed by atoms with Crippen LogP contribution in [0.4, 0.5) is 0 Å². The Morgan fingerprint density at radius 2 is 0.542 bits per heavy atom. The van der Waals surface area contributed by atoms with Gasteiger partial charge in [-0.3, -0.25) is 9.59 Å². The standard InChI is InChI=1S/C36H26O12/c37-27(38)17-19-1-5-23(6-2-19)29(33(41)42)31(35(45)46)25-13-9-21(10-14-25)22-11-15-26(16-12-22)32(36(47)48)30(34(43)44)24-7-3-20(4-8-24)18-28(39)40/h1-16H,17-18H2,(H,37,38)(H,39,40)(H,41,42)(H,43,44)(H,45,46)(H,47,48)/b31-29-,32-30-. The Bertz CT molecular complexity index is 1840. The maximum atomic E-state index is 12.3. The first-order valence-electron chi connectivity index (χ1n) is 14.0. The van der Waals surface area contributed by atoms with E-state index in [1.165, 1.54) is 97.1 Å². The van der Waals surface area contributed by atoms with Gasteiger partial charge in [0.15, 0.2) is 0 Å². The molecule has 0 aromatic heterocycles. The van der Waals surface area contributed by atoms with E-state index < -0.39 is 58.1 Å². The van der Waals surface area contributed by atoms with E-state index in [0.29, 0.717) is 22.3 Å². The Morgan fingerprint density at radius 3 is 0.729 bits per heavy atom. The van der Waals surface area contributed by atoms with E-state index >= 15 is 0 Å². The lowest BCUT2D eigenvalue weighted by Gasteiger charge is -2.12. The summed E-state index contributed by atoms with van der Waals surface area (Å²) >= 11 is 0. The normalized spacial score (nSPS) is 11.9. The first kappa shape index (κ1) is 34.1. The van der Waals surface area contributed by atoms with Crippen molar-refractivity contribution in [3.8, 4) is 11.1 Å². The van der Waals surface area contributed by atoms with Gasteiger partial charge in [0.1, 0.15) is 0 Å². The lowest BCUT2D eigenvalue weighted by atomic mass is 9.91. The Kier molecular flexibility index (Phi) is 10.3. The van der Waals surface area contributed by atoms with Gasteiger partial charge in [0.05, 0.1) is 35.1 Å². The number of carboxylic acids is 6. The Morgan fingerprint density at radius 1 is 0.333 bits per heavy atom. The van der Waals surface area contributed by atoms with Crippen LogP contribution in [0.5, 0.6) is 0 Å². The zero-order chi connectivity index (χ0) is 35.1. The van der Waals surface area contributed by atoms with Gasteiger partial charge in [-0.25, -0.2) is 19.2 Å². The Balaban J connectivity index is 1.70. The summed E-state index contributed by atoms with van der Waals surface area (Å²) in [7, 11) is 0. The van der Waals surface area contributed by atoms with Gasteiger partial charge in [-0.15, -0.1) is 0 Å². The minimum atomic E-state index is -1.50. The molecular weight excluding hydrogens is 624 g/mol. The van der Waals surface area contributed by atoms with Crippen molar-refractivity contribution in [3.63, 3.8) is 0 Å². The van der Waals surface area contributed by atoms with Crippen LogP contribution in [0.25, 0.3) is 33.4 Å². The van der Waals surface area contributed by atoms with Gasteiger partial charge in [0, 0.05) is 0 Å². The van der Waals surface area contributed by atoms with Gasteiger partial charge in [-0.1, -0.05) is 97.1 Å². The fourth-order valence-electron chi connectivity index (χ4n) is 5.09. The number of carboxylic acid groups (broad SMARTS) is 6. The summed E-state index contributed by atoms with van der Waals surface area (Å²) in [6.07, 6.45) is -0.585. The third kappa shape index (κ3) is 7.87. The quantitative estimate of drug-likeness (QED) is 0.0850. The Hall–Kier alpha value is -6.82. The van der Waals surface area contributed by atoms with Gasteiger partial charge in [0.2, 0.25) is 0 Å². The molecule has 0 aliphatic carbocycles. The van der Waals surface area contributed by atoms with Crippen LogP contribution in [0.3, 0.4) is 0 Å². The molecule has 0 radical (unpaired) electrons. The smallest absolute Gasteiger partial charge is 0.337 e. The molecule has 0 fully saturated rings. The summed E-state index contributed by atoms with van der Waals surface area (Å²) in [6, 6.07) is 22.8. The van der Waals surface area contributed by atoms with Gasteiger partial charge < -0.3 is 30.6 Å². The van der Waals surface area contributed by atoms with Crippen LogP contribution in [0.2, 0.25) is 0 Å². The molecule has 0 saturated carbocycles. The molecule has 0 amide bonds. The SMILES string of the molecule is O=C(O)Cc1ccc(/C(C(=O)O)=C(/C(=O)O)c2ccc(-c3ccc(/C(C(=O)O)=C(/C(=O)O)c4ccc(CC(=O)O)cc4)cc3)cc2)cc1. The van der Waals surface area contributed by atoms with Gasteiger partial charge >= 0.3 is 35.8 Å². The molecule has 0 heterocycles. The zero-order valence-corrected chi connectivity index (χ0v) is 24.8. The van der Waals surface area contributed by atoms with Crippen molar-refractivity contribution in [2.75, 3.05) is 0 Å². The average Bonchev–Trinajstić information content (AvgIpc) is 3.02. The topological polar surface area (TPSA) is 224 Å². The zero-order valence-electron chi connectivity index (χ0n) is 24.8. The summed E-state index contributed by atoms with van der Waals surface area (Å²) in [5.41, 5.74) is 0.198. The molecule has 6 N–H and O–H groups in total. The second-order valence-electron chi connectivity index (χ2n) is 10.4. The largest absolute Gasteiger partial charge is 0.481 e.